The highest BCUT2D eigenvalue weighted by molar-refractivity contribution is 5.95. The molecule has 2 aromatic heterocycles. The zero-order valence-electron chi connectivity index (χ0n) is 33.6. The fourth-order valence-corrected chi connectivity index (χ4v) is 8.33. The van der Waals surface area contributed by atoms with Gasteiger partial charge < -0.3 is 69.0 Å². The van der Waals surface area contributed by atoms with E-state index in [9.17, 15) is 39.6 Å². The molecule has 59 heavy (non-hydrogen) atoms. The Morgan fingerprint density at radius 2 is 1.68 bits per heavy atom. The number of hydrogen-bond donors (Lipinski definition) is 5. The average Bonchev–Trinajstić information content (AvgIpc) is 3.67. The number of rotatable bonds is 10. The van der Waals surface area contributed by atoms with Gasteiger partial charge in [0.15, 0.2) is 24.3 Å². The van der Waals surface area contributed by atoms with Crippen LogP contribution in [-0.4, -0.2) is 208 Å². The quantitative estimate of drug-likeness (QED) is 0.162. The lowest BCUT2D eigenvalue weighted by molar-refractivity contribution is -0.339. The van der Waals surface area contributed by atoms with Crippen LogP contribution in [0.5, 0.6) is 0 Å². The zero-order chi connectivity index (χ0) is 42.7. The molecule has 22 nitrogen and oxygen atoms in total. The molecule has 0 saturated carbocycles. The largest absolute Gasteiger partial charge is 0.394 e. The molecule has 0 aromatic carbocycles. The Morgan fingerprint density at radius 1 is 0.966 bits per heavy atom. The maximum Gasteiger partial charge on any atom is 0.329 e. The number of aliphatic hydroxyl groups excluding tert-OH is 4. The Labute approximate surface area is 340 Å². The van der Waals surface area contributed by atoms with Crippen LogP contribution < -0.4 is 10.2 Å². The molecule has 4 fully saturated rings. The molecule has 6 rings (SSSR count). The number of anilines is 1. The monoisotopic (exact) mass is 831 g/mol. The maximum atomic E-state index is 14.0. The summed E-state index contributed by atoms with van der Waals surface area (Å²) in [7, 11) is 4.41. The lowest BCUT2D eigenvalue weighted by Crippen LogP contribution is -2.69. The molecule has 4 aliphatic rings. The Bertz CT molecular complexity index is 1870. The number of amides is 4. The van der Waals surface area contributed by atoms with E-state index in [1.165, 1.54) is 36.9 Å². The van der Waals surface area contributed by atoms with E-state index in [1.807, 2.05) is 18.0 Å². The number of aliphatic hydroxyl groups is 4. The Hall–Kier alpha value is -4.57. The molecule has 6 heterocycles. The summed E-state index contributed by atoms with van der Waals surface area (Å²) in [6, 6.07) is 2.05. The van der Waals surface area contributed by atoms with E-state index in [1.54, 1.807) is 22.1 Å². The molecule has 12 atom stereocenters. The predicted molar refractivity (Wildman–Crippen MR) is 202 cm³/mol. The summed E-state index contributed by atoms with van der Waals surface area (Å²) in [4.78, 5) is 68.2. The number of ether oxygens (including phenoxy) is 5. The molecule has 0 radical (unpaired) electrons. The van der Waals surface area contributed by atoms with Crippen LogP contribution in [0.4, 0.5) is 10.6 Å². The second-order valence-corrected chi connectivity index (χ2v) is 15.2. The van der Waals surface area contributed by atoms with Crippen LogP contribution in [-0.2, 0) is 38.1 Å². The topological polar surface area (TPSA) is 275 Å². The van der Waals surface area contributed by atoms with Gasteiger partial charge in [0.05, 0.1) is 24.1 Å². The van der Waals surface area contributed by atoms with Gasteiger partial charge in [-0.2, -0.15) is 5.26 Å². The standard InChI is InChI=1S/C37H53N9O13/c1-19-7-10-45(24(49)6-9-38)16-22(19)42(3)32-21-8-11-46(33(21)40-18-39-32)37(54)44-14-12-43(13-15-44)34(53)31-30(55-4)27(51)28(52)36(59-31)58-29-25(41-20(2)48)35(56-5)57-23(17-47)26(29)50/h8,11,18-19,22-23,25-31,35-36,47,50-52H,6-7,10,12-17H2,1-5H3,(H,41,48)/t19-,22+,23?,25?,26-,27-,28?,29-,30+,31?,35-,36-/m1/s1. The van der Waals surface area contributed by atoms with Crippen molar-refractivity contribution in [2.45, 2.75) is 94.1 Å². The van der Waals surface area contributed by atoms with Crippen LogP contribution in [0.2, 0.25) is 0 Å². The molecule has 0 aliphatic carbocycles. The van der Waals surface area contributed by atoms with Crippen molar-refractivity contribution in [1.29, 1.82) is 5.26 Å². The van der Waals surface area contributed by atoms with Crippen molar-refractivity contribution in [3.05, 3.63) is 18.6 Å². The first kappa shape index (κ1) is 44.0. The van der Waals surface area contributed by atoms with Gasteiger partial charge >= 0.3 is 6.03 Å². The van der Waals surface area contributed by atoms with E-state index in [4.69, 9.17) is 28.9 Å². The average molecular weight is 832 g/mol. The molecule has 4 saturated heterocycles. The molecule has 4 amide bonds. The number of likely N-dealkylation sites (tertiary alicyclic amines) is 1. The normalized spacial score (nSPS) is 32.7. The number of nitriles is 1. The molecule has 324 valence electrons. The molecule has 2 aromatic rings. The maximum absolute atomic E-state index is 14.0. The van der Waals surface area contributed by atoms with Crippen molar-refractivity contribution in [1.82, 2.24) is 34.6 Å². The summed E-state index contributed by atoms with van der Waals surface area (Å²) >= 11 is 0. The van der Waals surface area contributed by atoms with Crippen LogP contribution in [0.3, 0.4) is 0 Å². The molecule has 22 heteroatoms. The van der Waals surface area contributed by atoms with Gasteiger partial charge in [0, 0.05) is 73.7 Å². The summed E-state index contributed by atoms with van der Waals surface area (Å²) in [6.45, 7) is 4.07. The summed E-state index contributed by atoms with van der Waals surface area (Å²) in [5, 5.41) is 55.3. The molecular weight excluding hydrogens is 778 g/mol. The van der Waals surface area contributed by atoms with Crippen LogP contribution in [0.25, 0.3) is 11.0 Å². The van der Waals surface area contributed by atoms with Crippen LogP contribution in [0, 0.1) is 17.2 Å². The molecule has 0 bridgehead atoms. The van der Waals surface area contributed by atoms with Crippen molar-refractivity contribution < 1.29 is 63.3 Å². The van der Waals surface area contributed by atoms with E-state index >= 15 is 0 Å². The molecular formula is C37H53N9O13. The van der Waals surface area contributed by atoms with E-state index < -0.39 is 79.8 Å². The minimum absolute atomic E-state index is 0.0742. The third kappa shape index (κ3) is 8.84. The zero-order valence-corrected chi connectivity index (χ0v) is 33.6. The molecule has 0 spiro atoms. The SMILES string of the molecule is CO[C@@H]1OC(CO)[C@@H](O)[C@H](O[C@@H]2OC(C(=O)N3CCN(C(=O)n4ccc5c(N(C)[C@H]6CN(C(=O)CC#N)CC[C@H]6C)ncnc54)CC3)[C@@H](OC)[C@H](O)C2O)C1NC(C)=O. The Kier molecular flexibility index (Phi) is 14.0. The number of carbonyl (C=O) groups is 4. The van der Waals surface area contributed by atoms with E-state index in [0.717, 1.165) is 6.42 Å². The third-order valence-electron chi connectivity index (χ3n) is 11.7. The number of nitrogens with zero attached hydrogens (tertiary/aromatic N) is 8. The van der Waals surface area contributed by atoms with Gasteiger partial charge in [0.25, 0.3) is 5.91 Å². The van der Waals surface area contributed by atoms with Gasteiger partial charge in [0.1, 0.15) is 61.2 Å². The first-order chi connectivity index (χ1) is 28.2. The van der Waals surface area contributed by atoms with Gasteiger partial charge in [-0.15, -0.1) is 0 Å². The second-order valence-electron chi connectivity index (χ2n) is 15.2. The van der Waals surface area contributed by atoms with Crippen LogP contribution >= 0.6 is 0 Å². The minimum atomic E-state index is -1.78. The van der Waals surface area contributed by atoms with Gasteiger partial charge in [-0.25, -0.2) is 14.8 Å². The first-order valence-electron chi connectivity index (χ1n) is 19.5. The number of aromatic nitrogens is 3. The third-order valence-corrected chi connectivity index (χ3v) is 11.7. The predicted octanol–water partition coefficient (Wildman–Crippen LogP) is -2.79. The minimum Gasteiger partial charge on any atom is -0.394 e. The van der Waals surface area contributed by atoms with Crippen LogP contribution in [0.15, 0.2) is 18.6 Å². The van der Waals surface area contributed by atoms with E-state index in [-0.39, 0.29) is 56.5 Å². The van der Waals surface area contributed by atoms with Gasteiger partial charge in [-0.05, 0) is 18.4 Å². The lowest BCUT2D eigenvalue weighted by Gasteiger charge is -2.48. The number of piperazine rings is 1. The number of nitrogens with one attached hydrogen (secondary N) is 1. The second kappa shape index (κ2) is 18.8. The summed E-state index contributed by atoms with van der Waals surface area (Å²) in [6.07, 6.45) is -9.84. The lowest BCUT2D eigenvalue weighted by atomic mass is 9.92. The molecule has 5 N–H and O–H groups in total. The highest BCUT2D eigenvalue weighted by Crippen LogP contribution is 2.33. The Balaban J connectivity index is 1.13. The van der Waals surface area contributed by atoms with Gasteiger partial charge in [-0.1, -0.05) is 6.92 Å². The highest BCUT2D eigenvalue weighted by atomic mass is 16.7. The highest BCUT2D eigenvalue weighted by Gasteiger charge is 2.54. The van der Waals surface area contributed by atoms with E-state index in [2.05, 4.69) is 22.2 Å². The smallest absolute Gasteiger partial charge is 0.329 e. The fourth-order valence-electron chi connectivity index (χ4n) is 8.33. The Morgan fingerprint density at radius 3 is 2.32 bits per heavy atom. The number of likely N-dealkylation sites (N-methyl/N-ethyl adjacent to an activating group) is 1. The van der Waals surface area contributed by atoms with Crippen molar-refractivity contribution in [2.75, 3.05) is 72.0 Å². The number of fused-ring (bicyclic) bond motifs is 1. The number of hydrogen-bond acceptors (Lipinski definition) is 17. The number of methoxy groups -OCH3 is 2. The first-order valence-corrected chi connectivity index (χ1v) is 19.5. The van der Waals surface area contributed by atoms with Crippen LogP contribution in [0.1, 0.15) is 26.7 Å². The van der Waals surface area contributed by atoms with Gasteiger partial charge in [0.2, 0.25) is 11.8 Å². The summed E-state index contributed by atoms with van der Waals surface area (Å²) in [5.74, 6) is -0.559. The van der Waals surface area contributed by atoms with E-state index in [0.29, 0.717) is 29.9 Å². The van der Waals surface area contributed by atoms with Crippen molar-refractivity contribution in [2.24, 2.45) is 5.92 Å². The summed E-state index contributed by atoms with van der Waals surface area (Å²) in [5.41, 5.74) is 0.376. The van der Waals surface area contributed by atoms with Gasteiger partial charge in [-0.3, -0.25) is 19.0 Å². The number of carbonyl (C=O) groups excluding carboxylic acids is 4. The van der Waals surface area contributed by atoms with Crippen molar-refractivity contribution >= 4 is 40.6 Å². The van der Waals surface area contributed by atoms with Crippen molar-refractivity contribution in [3.8, 4) is 6.07 Å². The molecule has 4 unspecified atom stereocenters. The number of piperidine rings is 1. The fraction of sp³-hybridized carbons (Fsp3) is 0.703. The molecule has 4 aliphatic heterocycles. The summed E-state index contributed by atoms with van der Waals surface area (Å²) < 4.78 is 29.7. The van der Waals surface area contributed by atoms with Crippen molar-refractivity contribution in [3.63, 3.8) is 0 Å².